The average Bonchev–Trinajstić information content (AvgIpc) is 3.18. The fraction of sp³-hybridized carbons (Fsp3) is 0.562. The third-order valence-corrected chi connectivity index (χ3v) is 5.17. The summed E-state index contributed by atoms with van der Waals surface area (Å²) in [4.78, 5) is 21.5. The van der Waals surface area contributed by atoms with Crippen molar-refractivity contribution in [3.63, 3.8) is 0 Å². The van der Waals surface area contributed by atoms with E-state index in [-0.39, 0.29) is 5.91 Å². The van der Waals surface area contributed by atoms with Crippen molar-refractivity contribution < 1.29 is 4.79 Å². The van der Waals surface area contributed by atoms with Crippen LogP contribution in [0.5, 0.6) is 0 Å². The quantitative estimate of drug-likeness (QED) is 0.855. The van der Waals surface area contributed by atoms with E-state index in [9.17, 15) is 4.79 Å². The van der Waals surface area contributed by atoms with Crippen molar-refractivity contribution in [2.45, 2.75) is 31.8 Å². The third kappa shape index (κ3) is 3.16. The zero-order valence-corrected chi connectivity index (χ0v) is 14.7. The Morgan fingerprint density at radius 2 is 2.30 bits per heavy atom. The summed E-state index contributed by atoms with van der Waals surface area (Å²) in [6.45, 7) is 4.46. The number of piperidine rings is 1. The van der Waals surface area contributed by atoms with Crippen LogP contribution >= 0.6 is 11.3 Å². The maximum absolute atomic E-state index is 12.9. The highest BCUT2D eigenvalue weighted by Gasteiger charge is 2.45. The molecule has 6 nitrogen and oxygen atoms in total. The average molecular weight is 333 g/mol. The van der Waals surface area contributed by atoms with Gasteiger partial charge in [-0.1, -0.05) is 0 Å². The van der Waals surface area contributed by atoms with Crippen molar-refractivity contribution >= 4 is 17.2 Å². The molecular weight excluding hydrogens is 310 g/mol. The highest BCUT2D eigenvalue weighted by Crippen LogP contribution is 2.31. The Kier molecular flexibility index (Phi) is 4.50. The Labute approximate surface area is 140 Å². The lowest BCUT2D eigenvalue weighted by Crippen LogP contribution is -2.58. The number of likely N-dealkylation sites (N-methyl/N-ethyl adjacent to an activating group) is 1. The molecular formula is C16H23N5OS. The van der Waals surface area contributed by atoms with Crippen LogP contribution in [-0.2, 0) is 16.9 Å². The molecule has 23 heavy (non-hydrogen) atoms. The second-order valence-corrected chi connectivity index (χ2v) is 7.42. The molecule has 0 spiro atoms. The van der Waals surface area contributed by atoms with Gasteiger partial charge in [-0.05, 0) is 32.4 Å². The monoisotopic (exact) mass is 333 g/mol. The van der Waals surface area contributed by atoms with Crippen LogP contribution in [0.4, 0.5) is 0 Å². The van der Waals surface area contributed by atoms with Gasteiger partial charge in [0.05, 0.1) is 10.7 Å². The van der Waals surface area contributed by atoms with Gasteiger partial charge in [0.25, 0.3) is 5.91 Å². The van der Waals surface area contributed by atoms with Gasteiger partial charge in [-0.2, -0.15) is 5.10 Å². The zero-order chi connectivity index (χ0) is 16.4. The zero-order valence-electron chi connectivity index (χ0n) is 13.9. The molecule has 3 heterocycles. The van der Waals surface area contributed by atoms with Gasteiger partial charge >= 0.3 is 0 Å². The van der Waals surface area contributed by atoms with Crippen LogP contribution in [0.2, 0.25) is 0 Å². The lowest BCUT2D eigenvalue weighted by atomic mass is 9.87. The van der Waals surface area contributed by atoms with Gasteiger partial charge in [0, 0.05) is 45.0 Å². The summed E-state index contributed by atoms with van der Waals surface area (Å²) in [6.07, 6.45) is 5.44. The van der Waals surface area contributed by atoms with Crippen LogP contribution in [0.15, 0.2) is 23.8 Å². The molecule has 1 unspecified atom stereocenters. The number of amides is 1. The number of carbonyl (C=O) groups excluding carboxylic acids is 1. The predicted octanol–water partition coefficient (Wildman–Crippen LogP) is 1.73. The number of thiazole rings is 1. The second-order valence-electron chi connectivity index (χ2n) is 6.35. The minimum absolute atomic E-state index is 0.111. The van der Waals surface area contributed by atoms with E-state index in [4.69, 9.17) is 0 Å². The molecule has 1 atom stereocenters. The predicted molar refractivity (Wildman–Crippen MR) is 90.3 cm³/mol. The SMILES string of the molecule is Cc1nc(CN2CCCC(C(=O)N(C)C)(n3cccn3)C2)cs1. The fourth-order valence-corrected chi connectivity index (χ4v) is 3.97. The summed E-state index contributed by atoms with van der Waals surface area (Å²) in [7, 11) is 3.63. The first-order chi connectivity index (χ1) is 11.0. The highest BCUT2D eigenvalue weighted by atomic mass is 32.1. The molecule has 1 saturated heterocycles. The van der Waals surface area contributed by atoms with E-state index >= 15 is 0 Å². The minimum atomic E-state index is -0.615. The normalized spacial score (nSPS) is 22.2. The first-order valence-electron chi connectivity index (χ1n) is 7.86. The van der Waals surface area contributed by atoms with Crippen molar-refractivity contribution in [2.24, 2.45) is 0 Å². The van der Waals surface area contributed by atoms with Gasteiger partial charge in [0.2, 0.25) is 0 Å². The topological polar surface area (TPSA) is 54.3 Å². The van der Waals surface area contributed by atoms with Crippen LogP contribution in [0.3, 0.4) is 0 Å². The van der Waals surface area contributed by atoms with E-state index in [0.29, 0.717) is 6.54 Å². The van der Waals surface area contributed by atoms with E-state index in [1.165, 1.54) is 0 Å². The van der Waals surface area contributed by atoms with E-state index in [1.807, 2.05) is 38.0 Å². The van der Waals surface area contributed by atoms with Crippen LogP contribution in [0.1, 0.15) is 23.5 Å². The second kappa shape index (κ2) is 6.41. The molecule has 7 heteroatoms. The molecule has 1 aliphatic rings. The van der Waals surface area contributed by atoms with Crippen molar-refractivity contribution in [3.8, 4) is 0 Å². The van der Waals surface area contributed by atoms with Crippen molar-refractivity contribution in [2.75, 3.05) is 27.2 Å². The van der Waals surface area contributed by atoms with E-state index < -0.39 is 5.54 Å². The summed E-state index contributed by atoms with van der Waals surface area (Å²) in [6, 6.07) is 1.88. The molecule has 1 aliphatic heterocycles. The number of aromatic nitrogens is 3. The number of hydrogen-bond acceptors (Lipinski definition) is 5. The number of nitrogens with zero attached hydrogens (tertiary/aromatic N) is 5. The largest absolute Gasteiger partial charge is 0.347 e. The van der Waals surface area contributed by atoms with Crippen LogP contribution in [0.25, 0.3) is 0 Å². The van der Waals surface area contributed by atoms with Crippen LogP contribution < -0.4 is 0 Å². The van der Waals surface area contributed by atoms with E-state index in [0.717, 1.165) is 36.6 Å². The van der Waals surface area contributed by atoms with Gasteiger partial charge in [-0.3, -0.25) is 14.4 Å². The Morgan fingerprint density at radius 1 is 1.48 bits per heavy atom. The summed E-state index contributed by atoms with van der Waals surface area (Å²) in [5.41, 5.74) is 0.470. The van der Waals surface area contributed by atoms with Gasteiger partial charge in [-0.15, -0.1) is 11.3 Å². The third-order valence-electron chi connectivity index (χ3n) is 4.35. The molecule has 3 rings (SSSR count). The molecule has 0 bridgehead atoms. The molecule has 1 fully saturated rings. The number of likely N-dealkylation sites (tertiary alicyclic amines) is 1. The molecule has 2 aromatic rings. The van der Waals surface area contributed by atoms with Crippen LogP contribution in [-0.4, -0.2) is 57.7 Å². The number of aryl methyl sites for hydroxylation is 1. The van der Waals surface area contributed by atoms with Crippen molar-refractivity contribution in [1.29, 1.82) is 0 Å². The van der Waals surface area contributed by atoms with E-state index in [1.54, 1.807) is 22.4 Å². The Hall–Kier alpha value is -1.73. The van der Waals surface area contributed by atoms with Crippen molar-refractivity contribution in [3.05, 3.63) is 34.5 Å². The minimum Gasteiger partial charge on any atom is -0.347 e. The smallest absolute Gasteiger partial charge is 0.251 e. The first kappa shape index (κ1) is 16.1. The number of carbonyl (C=O) groups is 1. The lowest BCUT2D eigenvalue weighted by molar-refractivity contribution is -0.142. The summed E-state index contributed by atoms with van der Waals surface area (Å²) < 4.78 is 1.84. The molecule has 0 N–H and O–H groups in total. The molecule has 124 valence electrons. The summed E-state index contributed by atoms with van der Waals surface area (Å²) >= 11 is 1.67. The first-order valence-corrected chi connectivity index (χ1v) is 8.74. The maximum atomic E-state index is 12.9. The Balaban J connectivity index is 1.86. The molecule has 0 aliphatic carbocycles. The van der Waals surface area contributed by atoms with Gasteiger partial charge < -0.3 is 4.90 Å². The number of hydrogen-bond donors (Lipinski definition) is 0. The summed E-state index contributed by atoms with van der Waals surface area (Å²) in [5, 5.41) is 7.58. The van der Waals surface area contributed by atoms with Gasteiger partial charge in [-0.25, -0.2) is 4.98 Å². The van der Waals surface area contributed by atoms with Gasteiger partial charge in [0.1, 0.15) is 0 Å². The van der Waals surface area contributed by atoms with Gasteiger partial charge in [0.15, 0.2) is 5.54 Å². The summed E-state index contributed by atoms with van der Waals surface area (Å²) in [5.74, 6) is 0.111. The van der Waals surface area contributed by atoms with Crippen molar-refractivity contribution in [1.82, 2.24) is 24.6 Å². The Bertz CT molecular complexity index is 666. The Morgan fingerprint density at radius 3 is 2.91 bits per heavy atom. The molecule has 0 saturated carbocycles. The number of rotatable bonds is 4. The lowest BCUT2D eigenvalue weighted by Gasteiger charge is -2.42. The highest BCUT2D eigenvalue weighted by molar-refractivity contribution is 7.09. The molecule has 0 aromatic carbocycles. The molecule has 0 radical (unpaired) electrons. The maximum Gasteiger partial charge on any atom is 0.251 e. The molecule has 1 amide bonds. The molecule has 2 aromatic heterocycles. The standard InChI is InChI=1S/C16H23N5OS/c1-13-18-14(11-23-13)10-20-8-4-6-16(12-20,15(22)19(2)3)21-9-5-7-17-21/h5,7,9,11H,4,6,8,10,12H2,1-3H3. The van der Waals surface area contributed by atoms with E-state index in [2.05, 4.69) is 20.4 Å². The van der Waals surface area contributed by atoms with Crippen LogP contribution in [0, 0.1) is 6.92 Å². The fourth-order valence-electron chi connectivity index (χ4n) is 3.37.